The number of benzene rings is 1. The lowest BCUT2D eigenvalue weighted by atomic mass is 10.2. The minimum Gasteiger partial charge on any atom is -0.339 e. The zero-order valence-electron chi connectivity index (χ0n) is 9.55. The molecule has 0 aliphatic carbocycles. The van der Waals surface area contributed by atoms with Crippen LogP contribution in [0.5, 0.6) is 0 Å². The van der Waals surface area contributed by atoms with Crippen LogP contribution >= 0.6 is 43.5 Å². The summed E-state index contributed by atoms with van der Waals surface area (Å²) in [6.07, 6.45) is 0.812. The van der Waals surface area contributed by atoms with Crippen LogP contribution in [0.15, 0.2) is 27.1 Å². The summed E-state index contributed by atoms with van der Waals surface area (Å²) < 4.78 is 1.72. The molecule has 1 amide bonds. The average molecular weight is 384 g/mol. The molecule has 0 saturated carbocycles. The van der Waals surface area contributed by atoms with E-state index in [9.17, 15) is 4.79 Å². The molecular formula is C12H14Br2ClNO. The summed E-state index contributed by atoms with van der Waals surface area (Å²) in [5.41, 5.74) is 0.677. The smallest absolute Gasteiger partial charge is 0.255 e. The molecule has 0 radical (unpaired) electrons. The van der Waals surface area contributed by atoms with Gasteiger partial charge in [-0.15, -0.1) is 11.6 Å². The van der Waals surface area contributed by atoms with Crippen molar-refractivity contribution in [2.75, 3.05) is 19.0 Å². The summed E-state index contributed by atoms with van der Waals surface area (Å²) in [5, 5.41) is 0. The summed E-state index contributed by atoms with van der Waals surface area (Å²) in [5.74, 6) is 0.606. The Kier molecular flexibility index (Phi) is 6.52. The summed E-state index contributed by atoms with van der Waals surface area (Å²) in [6.45, 7) is 3.35. The number of halogens is 3. The van der Waals surface area contributed by atoms with Crippen LogP contribution in [0, 0.1) is 0 Å². The molecule has 0 unspecified atom stereocenters. The van der Waals surface area contributed by atoms with E-state index in [1.165, 1.54) is 0 Å². The molecule has 94 valence electrons. The zero-order valence-corrected chi connectivity index (χ0v) is 13.5. The number of alkyl halides is 1. The lowest BCUT2D eigenvalue weighted by Gasteiger charge is -2.21. The maximum atomic E-state index is 12.3. The van der Waals surface area contributed by atoms with Crippen molar-refractivity contribution in [2.45, 2.75) is 13.3 Å². The number of hydrogen-bond donors (Lipinski definition) is 0. The van der Waals surface area contributed by atoms with Crippen LogP contribution in [0.2, 0.25) is 0 Å². The van der Waals surface area contributed by atoms with Gasteiger partial charge in [-0.3, -0.25) is 4.79 Å². The van der Waals surface area contributed by atoms with E-state index in [1.54, 1.807) is 4.90 Å². The van der Waals surface area contributed by atoms with Crippen LogP contribution in [-0.2, 0) is 0 Å². The highest BCUT2D eigenvalue weighted by molar-refractivity contribution is 9.11. The molecule has 0 aromatic heterocycles. The van der Waals surface area contributed by atoms with Crippen molar-refractivity contribution in [3.05, 3.63) is 32.7 Å². The molecular weight excluding hydrogens is 369 g/mol. The lowest BCUT2D eigenvalue weighted by molar-refractivity contribution is 0.0764. The fourth-order valence-corrected chi connectivity index (χ4v) is 2.38. The maximum Gasteiger partial charge on any atom is 0.255 e. The average Bonchev–Trinajstić information content (AvgIpc) is 2.33. The van der Waals surface area contributed by atoms with Crippen LogP contribution in [0.3, 0.4) is 0 Å². The first-order valence-electron chi connectivity index (χ1n) is 5.40. The normalized spacial score (nSPS) is 10.4. The van der Waals surface area contributed by atoms with E-state index in [0.717, 1.165) is 15.4 Å². The van der Waals surface area contributed by atoms with Gasteiger partial charge < -0.3 is 4.90 Å². The Morgan fingerprint density at radius 3 is 2.71 bits per heavy atom. The SMILES string of the molecule is CCN(CCCCl)C(=O)c1cc(Br)ccc1Br. The molecule has 0 aliphatic rings. The Morgan fingerprint density at radius 1 is 1.41 bits per heavy atom. The van der Waals surface area contributed by atoms with Crippen molar-refractivity contribution >= 4 is 49.4 Å². The predicted octanol–water partition coefficient (Wildman–Crippen LogP) is 4.30. The first-order valence-corrected chi connectivity index (χ1v) is 7.52. The van der Waals surface area contributed by atoms with Gasteiger partial charge in [-0.05, 0) is 47.5 Å². The van der Waals surface area contributed by atoms with Crippen LogP contribution in [0.1, 0.15) is 23.7 Å². The van der Waals surface area contributed by atoms with E-state index >= 15 is 0 Å². The molecule has 0 aliphatic heterocycles. The molecule has 0 saturated heterocycles. The van der Waals surface area contributed by atoms with Gasteiger partial charge in [0.1, 0.15) is 0 Å². The number of hydrogen-bond acceptors (Lipinski definition) is 1. The Labute approximate surface area is 124 Å². The van der Waals surface area contributed by atoms with Gasteiger partial charge in [-0.25, -0.2) is 0 Å². The third-order valence-corrected chi connectivity index (χ3v) is 3.84. The van der Waals surface area contributed by atoms with Crippen molar-refractivity contribution in [1.29, 1.82) is 0 Å². The molecule has 0 N–H and O–H groups in total. The largest absolute Gasteiger partial charge is 0.339 e. The second kappa shape index (κ2) is 7.39. The third kappa shape index (κ3) is 4.27. The standard InChI is InChI=1S/C12H14Br2ClNO/c1-2-16(7-3-6-15)12(17)10-8-9(13)4-5-11(10)14/h4-5,8H,2-3,6-7H2,1H3. The molecule has 0 heterocycles. The molecule has 0 fully saturated rings. The topological polar surface area (TPSA) is 20.3 Å². The zero-order chi connectivity index (χ0) is 12.8. The summed E-state index contributed by atoms with van der Waals surface area (Å²) in [7, 11) is 0. The molecule has 0 bridgehead atoms. The molecule has 0 spiro atoms. The van der Waals surface area contributed by atoms with E-state index in [0.29, 0.717) is 24.5 Å². The fraction of sp³-hybridized carbons (Fsp3) is 0.417. The van der Waals surface area contributed by atoms with Crippen LogP contribution < -0.4 is 0 Å². The van der Waals surface area contributed by atoms with Gasteiger partial charge in [0.05, 0.1) is 5.56 Å². The van der Waals surface area contributed by atoms with Gasteiger partial charge in [0.25, 0.3) is 5.91 Å². The van der Waals surface area contributed by atoms with E-state index in [-0.39, 0.29) is 5.91 Å². The molecule has 1 aromatic rings. The highest BCUT2D eigenvalue weighted by atomic mass is 79.9. The predicted molar refractivity (Wildman–Crippen MR) is 78.8 cm³/mol. The first kappa shape index (κ1) is 15.0. The quantitative estimate of drug-likeness (QED) is 0.694. The number of carbonyl (C=O) groups excluding carboxylic acids is 1. The minimum absolute atomic E-state index is 0.0331. The summed E-state index contributed by atoms with van der Waals surface area (Å²) in [6, 6.07) is 5.60. The van der Waals surface area contributed by atoms with Crippen molar-refractivity contribution < 1.29 is 4.79 Å². The molecule has 5 heteroatoms. The molecule has 0 atom stereocenters. The number of nitrogens with zero attached hydrogens (tertiary/aromatic N) is 1. The van der Waals surface area contributed by atoms with Crippen LogP contribution in [0.25, 0.3) is 0 Å². The first-order chi connectivity index (χ1) is 8.10. The van der Waals surface area contributed by atoms with Gasteiger partial charge in [0, 0.05) is 27.9 Å². The van der Waals surface area contributed by atoms with Crippen molar-refractivity contribution in [2.24, 2.45) is 0 Å². The van der Waals surface area contributed by atoms with Crippen molar-refractivity contribution in [3.63, 3.8) is 0 Å². The summed E-state index contributed by atoms with van der Waals surface area (Å²) >= 11 is 12.4. The van der Waals surface area contributed by atoms with E-state index in [1.807, 2.05) is 25.1 Å². The Hall–Kier alpha value is -0.0600. The lowest BCUT2D eigenvalue weighted by Crippen LogP contribution is -2.32. The Bertz CT molecular complexity index is 398. The maximum absolute atomic E-state index is 12.3. The van der Waals surface area contributed by atoms with Crippen LogP contribution in [-0.4, -0.2) is 29.8 Å². The highest BCUT2D eigenvalue weighted by Crippen LogP contribution is 2.23. The van der Waals surface area contributed by atoms with Gasteiger partial charge in [0.15, 0.2) is 0 Å². The van der Waals surface area contributed by atoms with Gasteiger partial charge >= 0.3 is 0 Å². The second-order valence-electron chi connectivity index (χ2n) is 3.55. The Morgan fingerprint density at radius 2 is 2.12 bits per heavy atom. The molecule has 1 rings (SSSR count). The van der Waals surface area contributed by atoms with Crippen LogP contribution in [0.4, 0.5) is 0 Å². The van der Waals surface area contributed by atoms with Gasteiger partial charge in [0.2, 0.25) is 0 Å². The fourth-order valence-electron chi connectivity index (χ4n) is 1.49. The molecule has 17 heavy (non-hydrogen) atoms. The highest BCUT2D eigenvalue weighted by Gasteiger charge is 2.16. The van der Waals surface area contributed by atoms with E-state index in [2.05, 4.69) is 31.9 Å². The van der Waals surface area contributed by atoms with Gasteiger partial charge in [-0.2, -0.15) is 0 Å². The number of carbonyl (C=O) groups is 1. The van der Waals surface area contributed by atoms with Crippen molar-refractivity contribution in [3.8, 4) is 0 Å². The van der Waals surface area contributed by atoms with E-state index in [4.69, 9.17) is 11.6 Å². The third-order valence-electron chi connectivity index (χ3n) is 2.39. The Balaban J connectivity index is 2.89. The van der Waals surface area contributed by atoms with E-state index < -0.39 is 0 Å². The molecule has 1 aromatic carbocycles. The van der Waals surface area contributed by atoms with Crippen molar-refractivity contribution in [1.82, 2.24) is 4.90 Å². The summed E-state index contributed by atoms with van der Waals surface area (Å²) in [4.78, 5) is 14.1. The number of amides is 1. The monoisotopic (exact) mass is 381 g/mol. The molecule has 2 nitrogen and oxygen atoms in total. The minimum atomic E-state index is 0.0331. The second-order valence-corrected chi connectivity index (χ2v) is 5.70. The van der Waals surface area contributed by atoms with Gasteiger partial charge in [-0.1, -0.05) is 15.9 Å². The number of rotatable bonds is 5.